The maximum absolute atomic E-state index is 12.9. The van der Waals surface area contributed by atoms with E-state index in [0.717, 1.165) is 0 Å². The third-order valence-corrected chi connectivity index (χ3v) is 4.43. The van der Waals surface area contributed by atoms with Crippen molar-refractivity contribution in [3.05, 3.63) is 99.0 Å². The lowest BCUT2D eigenvalue weighted by Crippen LogP contribution is -2.15. The van der Waals surface area contributed by atoms with Crippen molar-refractivity contribution in [1.82, 2.24) is 0 Å². The number of carbonyl (C=O) groups is 2. The van der Waals surface area contributed by atoms with Crippen LogP contribution in [0.4, 0.5) is 5.69 Å². The molecule has 0 radical (unpaired) electrons. The number of amides is 1. The summed E-state index contributed by atoms with van der Waals surface area (Å²) in [6.07, 6.45) is 0. The summed E-state index contributed by atoms with van der Waals surface area (Å²) >= 11 is 12.2. The first-order valence-corrected chi connectivity index (χ1v) is 8.65. The van der Waals surface area contributed by atoms with Crippen molar-refractivity contribution in [1.29, 1.82) is 5.26 Å². The zero-order valence-electron chi connectivity index (χ0n) is 13.9. The van der Waals surface area contributed by atoms with Gasteiger partial charge in [0.1, 0.15) is 0 Å². The minimum Gasteiger partial charge on any atom is -0.321 e. The highest BCUT2D eigenvalue weighted by molar-refractivity contribution is 6.36. The topological polar surface area (TPSA) is 70.0 Å². The first kappa shape index (κ1) is 18.7. The summed E-state index contributed by atoms with van der Waals surface area (Å²) in [6, 6.07) is 19.5. The number of rotatable bonds is 4. The maximum Gasteiger partial charge on any atom is 0.255 e. The minimum atomic E-state index is -0.407. The molecule has 0 heterocycles. The molecule has 3 rings (SSSR count). The number of carbonyl (C=O) groups excluding carboxylic acids is 2. The van der Waals surface area contributed by atoms with Gasteiger partial charge in [-0.05, 0) is 54.6 Å². The van der Waals surface area contributed by atoms with E-state index in [2.05, 4.69) is 5.32 Å². The molecule has 0 fully saturated rings. The molecule has 3 aromatic rings. The number of hydrogen-bond acceptors (Lipinski definition) is 3. The molecule has 1 N–H and O–H groups in total. The number of anilines is 1. The van der Waals surface area contributed by atoms with Crippen LogP contribution in [0, 0.1) is 11.3 Å². The van der Waals surface area contributed by atoms with Crippen LogP contribution in [-0.4, -0.2) is 11.7 Å². The molecule has 0 saturated heterocycles. The highest BCUT2D eigenvalue weighted by Gasteiger charge is 2.18. The Morgan fingerprint density at radius 1 is 0.889 bits per heavy atom. The van der Waals surface area contributed by atoms with Crippen molar-refractivity contribution in [3.63, 3.8) is 0 Å². The summed E-state index contributed by atoms with van der Waals surface area (Å²) in [7, 11) is 0. The number of nitriles is 1. The predicted octanol–water partition coefficient (Wildman–Crippen LogP) is 5.35. The molecular formula is C21H12Cl2N2O2. The summed E-state index contributed by atoms with van der Waals surface area (Å²) in [4.78, 5) is 25.4. The fraction of sp³-hybridized carbons (Fsp3) is 0. The van der Waals surface area contributed by atoms with E-state index in [-0.39, 0.29) is 11.3 Å². The third kappa shape index (κ3) is 4.17. The van der Waals surface area contributed by atoms with Gasteiger partial charge in [-0.2, -0.15) is 5.26 Å². The van der Waals surface area contributed by atoms with Crippen molar-refractivity contribution in [2.24, 2.45) is 0 Å². The molecular weight excluding hydrogens is 383 g/mol. The summed E-state index contributed by atoms with van der Waals surface area (Å²) < 4.78 is 0. The molecule has 1 amide bonds. The SMILES string of the molecule is N#Cc1ccc(C(=O)Nc2ccc(Cl)cc2C(=O)c2ccccc2Cl)cc1. The zero-order valence-corrected chi connectivity index (χ0v) is 15.4. The van der Waals surface area contributed by atoms with E-state index < -0.39 is 5.91 Å². The summed E-state index contributed by atoms with van der Waals surface area (Å²) in [5.41, 5.74) is 1.68. The van der Waals surface area contributed by atoms with Crippen LogP contribution in [0.2, 0.25) is 10.0 Å². The monoisotopic (exact) mass is 394 g/mol. The van der Waals surface area contributed by atoms with E-state index in [4.69, 9.17) is 28.5 Å². The number of nitrogens with zero attached hydrogens (tertiary/aromatic N) is 1. The largest absolute Gasteiger partial charge is 0.321 e. The van der Waals surface area contributed by atoms with E-state index >= 15 is 0 Å². The maximum atomic E-state index is 12.9. The summed E-state index contributed by atoms with van der Waals surface area (Å²) in [5.74, 6) is -0.756. The van der Waals surface area contributed by atoms with Crippen LogP contribution >= 0.6 is 23.2 Å². The molecule has 0 aliphatic rings. The van der Waals surface area contributed by atoms with E-state index in [9.17, 15) is 9.59 Å². The first-order valence-electron chi connectivity index (χ1n) is 7.90. The Labute approximate surface area is 166 Å². The normalized spacial score (nSPS) is 10.1. The average Bonchev–Trinajstić information content (AvgIpc) is 2.69. The number of halogens is 2. The van der Waals surface area contributed by atoms with Crippen LogP contribution in [-0.2, 0) is 0 Å². The van der Waals surface area contributed by atoms with Crippen molar-refractivity contribution in [3.8, 4) is 6.07 Å². The molecule has 6 heteroatoms. The summed E-state index contributed by atoms with van der Waals surface area (Å²) in [5, 5.41) is 12.2. The van der Waals surface area contributed by atoms with Gasteiger partial charge < -0.3 is 5.32 Å². The highest BCUT2D eigenvalue weighted by atomic mass is 35.5. The van der Waals surface area contributed by atoms with Gasteiger partial charge in [-0.1, -0.05) is 35.3 Å². The predicted molar refractivity (Wildman–Crippen MR) is 105 cm³/mol. The van der Waals surface area contributed by atoms with E-state index in [1.165, 1.54) is 6.07 Å². The van der Waals surface area contributed by atoms with Crippen LogP contribution in [0.15, 0.2) is 66.7 Å². The van der Waals surface area contributed by atoms with Gasteiger partial charge in [-0.25, -0.2) is 0 Å². The Morgan fingerprint density at radius 3 is 2.26 bits per heavy atom. The zero-order chi connectivity index (χ0) is 19.4. The number of hydrogen-bond donors (Lipinski definition) is 1. The molecule has 0 bridgehead atoms. The average molecular weight is 395 g/mol. The number of nitrogens with one attached hydrogen (secondary N) is 1. The first-order chi connectivity index (χ1) is 13.0. The second-order valence-electron chi connectivity index (χ2n) is 5.64. The van der Waals surface area contributed by atoms with Gasteiger partial charge in [0.15, 0.2) is 5.78 Å². The van der Waals surface area contributed by atoms with Gasteiger partial charge in [-0.15, -0.1) is 0 Å². The number of ketones is 1. The van der Waals surface area contributed by atoms with Gasteiger partial charge in [-0.3, -0.25) is 9.59 Å². The fourth-order valence-electron chi connectivity index (χ4n) is 2.49. The van der Waals surface area contributed by atoms with Gasteiger partial charge in [0.2, 0.25) is 0 Å². The van der Waals surface area contributed by atoms with E-state index in [1.807, 2.05) is 6.07 Å². The third-order valence-electron chi connectivity index (χ3n) is 3.87. The molecule has 0 aliphatic carbocycles. The van der Waals surface area contributed by atoms with Crippen LogP contribution in [0.5, 0.6) is 0 Å². The Kier molecular flexibility index (Phi) is 5.56. The molecule has 3 aromatic carbocycles. The minimum absolute atomic E-state index is 0.234. The molecule has 132 valence electrons. The Morgan fingerprint density at radius 2 is 1.59 bits per heavy atom. The molecule has 0 unspecified atom stereocenters. The Hall–Kier alpha value is -3.13. The van der Waals surface area contributed by atoms with Crippen LogP contribution in [0.25, 0.3) is 0 Å². The standard InChI is InChI=1S/C21H12Cl2N2O2/c22-15-9-10-19(25-21(27)14-7-5-13(12-24)6-8-14)17(11-15)20(26)16-3-1-2-4-18(16)23/h1-11H,(H,25,27). The number of benzene rings is 3. The van der Waals surface area contributed by atoms with Gasteiger partial charge in [0.25, 0.3) is 5.91 Å². The van der Waals surface area contributed by atoms with Crippen molar-refractivity contribution in [2.75, 3.05) is 5.32 Å². The second kappa shape index (κ2) is 8.05. The molecule has 0 saturated carbocycles. The lowest BCUT2D eigenvalue weighted by atomic mass is 10.0. The molecule has 0 aromatic heterocycles. The van der Waals surface area contributed by atoms with Crippen molar-refractivity contribution in [2.45, 2.75) is 0 Å². The van der Waals surface area contributed by atoms with Crippen LogP contribution in [0.1, 0.15) is 31.8 Å². The van der Waals surface area contributed by atoms with Crippen LogP contribution < -0.4 is 5.32 Å². The molecule has 0 spiro atoms. The molecule has 27 heavy (non-hydrogen) atoms. The Balaban J connectivity index is 1.94. The van der Waals surface area contributed by atoms with Gasteiger partial charge >= 0.3 is 0 Å². The van der Waals surface area contributed by atoms with E-state index in [1.54, 1.807) is 60.7 Å². The lowest BCUT2D eigenvalue weighted by Gasteiger charge is -2.12. The van der Waals surface area contributed by atoms with Crippen LogP contribution in [0.3, 0.4) is 0 Å². The lowest BCUT2D eigenvalue weighted by molar-refractivity contribution is 0.102. The quantitative estimate of drug-likeness (QED) is 0.606. The van der Waals surface area contributed by atoms with Gasteiger partial charge in [0.05, 0.1) is 22.3 Å². The molecule has 4 nitrogen and oxygen atoms in total. The van der Waals surface area contributed by atoms with Crippen molar-refractivity contribution >= 4 is 40.6 Å². The molecule has 0 aliphatic heterocycles. The Bertz CT molecular complexity index is 1070. The molecule has 0 atom stereocenters. The van der Waals surface area contributed by atoms with Crippen molar-refractivity contribution < 1.29 is 9.59 Å². The van der Waals surface area contributed by atoms with Gasteiger partial charge in [0, 0.05) is 21.7 Å². The fourth-order valence-corrected chi connectivity index (χ4v) is 2.89. The smallest absolute Gasteiger partial charge is 0.255 e. The second-order valence-corrected chi connectivity index (χ2v) is 6.49. The van der Waals surface area contributed by atoms with E-state index in [0.29, 0.717) is 32.4 Å². The summed E-state index contributed by atoms with van der Waals surface area (Å²) in [6.45, 7) is 0. The highest BCUT2D eigenvalue weighted by Crippen LogP contribution is 2.27.